The van der Waals surface area contributed by atoms with Crippen molar-refractivity contribution in [2.24, 2.45) is 7.05 Å². The lowest BCUT2D eigenvalue weighted by Crippen LogP contribution is -2.13. The quantitative estimate of drug-likeness (QED) is 0.785. The number of hydrogen-bond acceptors (Lipinski definition) is 4. The molecule has 2 heterocycles. The van der Waals surface area contributed by atoms with Gasteiger partial charge in [0.1, 0.15) is 5.03 Å². The van der Waals surface area contributed by atoms with Crippen LogP contribution in [0, 0.1) is 0 Å². The van der Waals surface area contributed by atoms with E-state index >= 15 is 0 Å². The second kappa shape index (κ2) is 6.28. The zero-order valence-electron chi connectivity index (χ0n) is 12.2. The largest absolute Gasteiger partial charge is 0.329 e. The van der Waals surface area contributed by atoms with Crippen LogP contribution >= 0.6 is 11.8 Å². The number of aromatic nitrogens is 3. The van der Waals surface area contributed by atoms with Crippen molar-refractivity contribution >= 4 is 22.7 Å². The maximum atomic E-state index is 4.81. The van der Waals surface area contributed by atoms with E-state index < -0.39 is 0 Å². The molecule has 1 aromatic carbocycles. The van der Waals surface area contributed by atoms with Crippen LogP contribution in [0.15, 0.2) is 52.9 Å². The first-order valence-electron chi connectivity index (χ1n) is 7.02. The van der Waals surface area contributed by atoms with E-state index in [1.165, 1.54) is 10.9 Å². The number of nitrogens with zero attached hydrogens (tertiary/aromatic N) is 3. The SMILES string of the molecule is CCNCc1cc2ccccc2nc1Sc1nccn1C. The summed E-state index contributed by atoms with van der Waals surface area (Å²) in [6, 6.07) is 10.4. The molecule has 0 spiro atoms. The van der Waals surface area contributed by atoms with E-state index in [-0.39, 0.29) is 0 Å². The number of benzene rings is 1. The average molecular weight is 298 g/mol. The average Bonchev–Trinajstić information content (AvgIpc) is 2.90. The summed E-state index contributed by atoms with van der Waals surface area (Å²) in [5.74, 6) is 0. The first-order valence-corrected chi connectivity index (χ1v) is 7.84. The third kappa shape index (κ3) is 3.09. The van der Waals surface area contributed by atoms with E-state index in [0.717, 1.165) is 28.8 Å². The Kier molecular flexibility index (Phi) is 4.22. The van der Waals surface area contributed by atoms with E-state index in [4.69, 9.17) is 4.98 Å². The van der Waals surface area contributed by atoms with Crippen LogP contribution in [0.25, 0.3) is 10.9 Å². The molecule has 21 heavy (non-hydrogen) atoms. The highest BCUT2D eigenvalue weighted by Crippen LogP contribution is 2.29. The highest BCUT2D eigenvalue weighted by molar-refractivity contribution is 7.99. The predicted octanol–water partition coefficient (Wildman–Crippen LogP) is 3.23. The van der Waals surface area contributed by atoms with Gasteiger partial charge in [-0.05, 0) is 36.0 Å². The summed E-state index contributed by atoms with van der Waals surface area (Å²) in [5, 5.41) is 6.53. The van der Waals surface area contributed by atoms with Crippen LogP contribution < -0.4 is 5.32 Å². The Balaban J connectivity index is 2.02. The Labute approximate surface area is 128 Å². The van der Waals surface area contributed by atoms with Crippen molar-refractivity contribution in [2.75, 3.05) is 6.54 Å². The van der Waals surface area contributed by atoms with Crippen molar-refractivity contribution in [3.63, 3.8) is 0 Å². The lowest BCUT2D eigenvalue weighted by molar-refractivity contribution is 0.712. The molecule has 108 valence electrons. The van der Waals surface area contributed by atoms with Gasteiger partial charge in [-0.3, -0.25) is 0 Å². The third-order valence-corrected chi connectivity index (χ3v) is 4.42. The van der Waals surface area contributed by atoms with Gasteiger partial charge in [-0.1, -0.05) is 25.1 Å². The summed E-state index contributed by atoms with van der Waals surface area (Å²) in [6.07, 6.45) is 3.76. The Morgan fingerprint density at radius 3 is 2.90 bits per heavy atom. The third-order valence-electron chi connectivity index (χ3n) is 3.29. The van der Waals surface area contributed by atoms with Gasteiger partial charge in [0.15, 0.2) is 5.16 Å². The molecule has 4 nitrogen and oxygen atoms in total. The molecular formula is C16H18N4S. The van der Waals surface area contributed by atoms with E-state index in [0.29, 0.717) is 0 Å². The molecule has 0 amide bonds. The van der Waals surface area contributed by atoms with Crippen LogP contribution in [0.3, 0.4) is 0 Å². The van der Waals surface area contributed by atoms with Crippen molar-refractivity contribution in [2.45, 2.75) is 23.7 Å². The fourth-order valence-corrected chi connectivity index (χ4v) is 3.05. The fraction of sp³-hybridized carbons (Fsp3) is 0.250. The number of imidazole rings is 1. The molecule has 3 rings (SSSR count). The van der Waals surface area contributed by atoms with Gasteiger partial charge in [0.2, 0.25) is 0 Å². The van der Waals surface area contributed by atoms with Crippen molar-refractivity contribution in [3.8, 4) is 0 Å². The van der Waals surface area contributed by atoms with Crippen LogP contribution in [0.4, 0.5) is 0 Å². The molecule has 0 aliphatic carbocycles. The Hall–Kier alpha value is -1.85. The highest BCUT2D eigenvalue weighted by atomic mass is 32.2. The van der Waals surface area contributed by atoms with Crippen LogP contribution in [0.1, 0.15) is 12.5 Å². The zero-order chi connectivity index (χ0) is 14.7. The van der Waals surface area contributed by atoms with Gasteiger partial charge < -0.3 is 9.88 Å². The zero-order valence-corrected chi connectivity index (χ0v) is 13.0. The molecule has 2 aromatic heterocycles. The number of pyridine rings is 1. The number of fused-ring (bicyclic) bond motifs is 1. The van der Waals surface area contributed by atoms with E-state index in [9.17, 15) is 0 Å². The lowest BCUT2D eigenvalue weighted by Gasteiger charge is -2.10. The highest BCUT2D eigenvalue weighted by Gasteiger charge is 2.11. The van der Waals surface area contributed by atoms with Crippen molar-refractivity contribution < 1.29 is 0 Å². The summed E-state index contributed by atoms with van der Waals surface area (Å²) in [5.41, 5.74) is 2.23. The molecule has 0 aliphatic rings. The minimum Gasteiger partial charge on any atom is -0.329 e. The molecule has 0 bridgehead atoms. The second-order valence-electron chi connectivity index (χ2n) is 4.85. The van der Waals surface area contributed by atoms with Crippen molar-refractivity contribution in [3.05, 3.63) is 48.3 Å². The predicted molar refractivity (Wildman–Crippen MR) is 86.5 cm³/mol. The number of nitrogens with one attached hydrogen (secondary N) is 1. The summed E-state index contributed by atoms with van der Waals surface area (Å²) in [7, 11) is 2.00. The number of hydrogen-bond donors (Lipinski definition) is 1. The fourth-order valence-electron chi connectivity index (χ4n) is 2.15. The van der Waals surface area contributed by atoms with Crippen LogP contribution in [-0.4, -0.2) is 21.1 Å². The first kappa shape index (κ1) is 14.1. The molecular weight excluding hydrogens is 280 g/mol. The molecule has 3 aromatic rings. The first-order chi connectivity index (χ1) is 10.3. The van der Waals surface area contributed by atoms with E-state index in [2.05, 4.69) is 35.4 Å². The smallest absolute Gasteiger partial charge is 0.174 e. The lowest BCUT2D eigenvalue weighted by atomic mass is 10.1. The molecule has 0 saturated heterocycles. The monoisotopic (exact) mass is 298 g/mol. The van der Waals surface area contributed by atoms with Crippen molar-refractivity contribution in [1.29, 1.82) is 0 Å². The molecule has 0 fully saturated rings. The molecule has 0 aliphatic heterocycles. The Morgan fingerprint density at radius 1 is 1.29 bits per heavy atom. The molecule has 0 unspecified atom stereocenters. The van der Waals surface area contributed by atoms with E-state index in [1.54, 1.807) is 11.8 Å². The van der Waals surface area contributed by atoms with E-state index in [1.807, 2.05) is 36.1 Å². The summed E-state index contributed by atoms with van der Waals surface area (Å²) in [4.78, 5) is 9.19. The maximum absolute atomic E-state index is 4.81. The summed E-state index contributed by atoms with van der Waals surface area (Å²) < 4.78 is 2.01. The molecule has 0 radical (unpaired) electrons. The Morgan fingerprint density at radius 2 is 2.14 bits per heavy atom. The molecule has 1 N–H and O–H groups in total. The Bertz CT molecular complexity index is 751. The maximum Gasteiger partial charge on any atom is 0.174 e. The topological polar surface area (TPSA) is 42.7 Å². The number of para-hydroxylation sites is 1. The van der Waals surface area contributed by atoms with Crippen LogP contribution in [-0.2, 0) is 13.6 Å². The van der Waals surface area contributed by atoms with Gasteiger partial charge >= 0.3 is 0 Å². The van der Waals surface area contributed by atoms with Crippen LogP contribution in [0.5, 0.6) is 0 Å². The molecule has 0 atom stereocenters. The molecule has 0 saturated carbocycles. The van der Waals surface area contributed by atoms with Gasteiger partial charge in [0.25, 0.3) is 0 Å². The second-order valence-corrected chi connectivity index (χ2v) is 5.80. The number of aryl methyl sites for hydroxylation is 1. The van der Waals surface area contributed by atoms with Crippen LogP contribution in [0.2, 0.25) is 0 Å². The van der Waals surface area contributed by atoms with Gasteiger partial charge in [-0.15, -0.1) is 0 Å². The standard InChI is InChI=1S/C16H18N4S/c1-3-17-11-13-10-12-6-4-5-7-14(12)19-15(13)21-16-18-8-9-20(16)2/h4-10,17H,3,11H2,1-2H3. The van der Waals surface area contributed by atoms with Gasteiger partial charge in [-0.25, -0.2) is 9.97 Å². The summed E-state index contributed by atoms with van der Waals surface area (Å²) >= 11 is 1.61. The summed E-state index contributed by atoms with van der Waals surface area (Å²) in [6.45, 7) is 3.88. The van der Waals surface area contributed by atoms with Gasteiger partial charge in [0, 0.05) is 31.4 Å². The minimum atomic E-state index is 0.821. The minimum absolute atomic E-state index is 0.821. The number of rotatable bonds is 5. The van der Waals surface area contributed by atoms with Crippen molar-refractivity contribution in [1.82, 2.24) is 19.9 Å². The van der Waals surface area contributed by atoms with Gasteiger partial charge in [-0.2, -0.15) is 0 Å². The van der Waals surface area contributed by atoms with Gasteiger partial charge in [0.05, 0.1) is 5.52 Å². The molecule has 5 heteroatoms. The normalized spacial score (nSPS) is 11.1.